The van der Waals surface area contributed by atoms with E-state index >= 15 is 0 Å². The van der Waals surface area contributed by atoms with E-state index in [0.29, 0.717) is 24.1 Å². The normalized spacial score (nSPS) is 23.3. The van der Waals surface area contributed by atoms with Crippen LogP contribution in [0.2, 0.25) is 0 Å². The van der Waals surface area contributed by atoms with Gasteiger partial charge in [-0.05, 0) is 71.2 Å². The number of nitrogens with zero attached hydrogens (tertiary/aromatic N) is 2. The van der Waals surface area contributed by atoms with Crippen LogP contribution < -0.4 is 10.6 Å². The van der Waals surface area contributed by atoms with E-state index < -0.39 is 29.7 Å². The van der Waals surface area contributed by atoms with Crippen molar-refractivity contribution in [2.24, 2.45) is 11.8 Å². The number of anilines is 1. The SMILES string of the molecule is O=C1CCC(N2C(=O)c3cccc(NCc4ccc(CN5CC6C=C(c7ccc(F)cc7)CC6C5)cc4)c3C2=O)C(=O)N1. The lowest BCUT2D eigenvalue weighted by Gasteiger charge is -2.27. The third-order valence-corrected chi connectivity index (χ3v) is 9.06. The Kier molecular flexibility index (Phi) is 6.89. The summed E-state index contributed by atoms with van der Waals surface area (Å²) in [7, 11) is 0. The first-order chi connectivity index (χ1) is 20.8. The molecule has 3 aromatic rings. The van der Waals surface area contributed by atoms with Gasteiger partial charge in [-0.3, -0.25) is 34.3 Å². The Morgan fingerprint density at radius 1 is 0.884 bits per heavy atom. The smallest absolute Gasteiger partial charge is 0.264 e. The first-order valence-electron chi connectivity index (χ1n) is 14.7. The number of benzene rings is 3. The quantitative estimate of drug-likeness (QED) is 0.404. The van der Waals surface area contributed by atoms with Crippen LogP contribution in [0.3, 0.4) is 0 Å². The van der Waals surface area contributed by atoms with Crippen LogP contribution >= 0.6 is 0 Å². The van der Waals surface area contributed by atoms with Gasteiger partial charge in [0, 0.05) is 38.3 Å². The van der Waals surface area contributed by atoms with E-state index in [9.17, 15) is 23.6 Å². The number of carbonyl (C=O) groups excluding carboxylic acids is 4. The zero-order chi connectivity index (χ0) is 29.7. The molecule has 1 aliphatic carbocycles. The van der Waals surface area contributed by atoms with Crippen LogP contribution in [-0.2, 0) is 22.7 Å². The molecule has 2 N–H and O–H groups in total. The monoisotopic (exact) mass is 578 g/mol. The van der Waals surface area contributed by atoms with Crippen LogP contribution in [0.1, 0.15) is 56.7 Å². The summed E-state index contributed by atoms with van der Waals surface area (Å²) in [5.41, 5.74) is 5.75. The van der Waals surface area contributed by atoms with Crippen LogP contribution in [0, 0.1) is 17.7 Å². The van der Waals surface area contributed by atoms with E-state index in [2.05, 4.69) is 45.9 Å². The Morgan fingerprint density at radius 3 is 2.40 bits per heavy atom. The number of imide groups is 2. The molecule has 0 radical (unpaired) electrons. The van der Waals surface area contributed by atoms with Gasteiger partial charge in [-0.25, -0.2) is 4.39 Å². The Balaban J connectivity index is 0.963. The first-order valence-corrected chi connectivity index (χ1v) is 14.7. The topological polar surface area (TPSA) is 98.8 Å². The predicted molar refractivity (Wildman–Crippen MR) is 158 cm³/mol. The maximum absolute atomic E-state index is 13.3. The van der Waals surface area contributed by atoms with Crippen molar-refractivity contribution in [1.82, 2.24) is 15.1 Å². The minimum absolute atomic E-state index is 0.0827. The van der Waals surface area contributed by atoms with Crippen LogP contribution in [0.5, 0.6) is 0 Å². The summed E-state index contributed by atoms with van der Waals surface area (Å²) in [6.45, 7) is 3.39. The number of hydrogen-bond acceptors (Lipinski definition) is 6. The van der Waals surface area contributed by atoms with Gasteiger partial charge in [0.1, 0.15) is 11.9 Å². The lowest BCUT2D eigenvalue weighted by Crippen LogP contribution is -2.54. The van der Waals surface area contributed by atoms with Crippen molar-refractivity contribution >= 4 is 34.9 Å². The highest BCUT2D eigenvalue weighted by molar-refractivity contribution is 6.25. The maximum Gasteiger partial charge on any atom is 0.264 e. The van der Waals surface area contributed by atoms with Gasteiger partial charge in [-0.2, -0.15) is 0 Å². The zero-order valence-corrected chi connectivity index (χ0v) is 23.5. The van der Waals surface area contributed by atoms with Crippen molar-refractivity contribution < 1.29 is 23.6 Å². The Bertz CT molecular complexity index is 1670. The summed E-state index contributed by atoms with van der Waals surface area (Å²) in [5, 5.41) is 5.53. The highest BCUT2D eigenvalue weighted by atomic mass is 19.1. The number of carbonyl (C=O) groups is 4. The van der Waals surface area contributed by atoms with Crippen LogP contribution in [0.15, 0.2) is 72.8 Å². The molecule has 4 aliphatic rings. The molecule has 43 heavy (non-hydrogen) atoms. The van der Waals surface area contributed by atoms with Gasteiger partial charge in [-0.15, -0.1) is 0 Å². The van der Waals surface area contributed by atoms with Crippen LogP contribution in [0.4, 0.5) is 10.1 Å². The van der Waals surface area contributed by atoms with E-state index in [0.717, 1.165) is 42.1 Å². The van der Waals surface area contributed by atoms with Crippen molar-refractivity contribution in [2.45, 2.75) is 38.4 Å². The molecule has 3 aliphatic heterocycles. The Hall–Kier alpha value is -4.63. The van der Waals surface area contributed by atoms with E-state index in [1.165, 1.54) is 23.3 Å². The molecule has 2 saturated heterocycles. The minimum Gasteiger partial charge on any atom is -0.380 e. The van der Waals surface area contributed by atoms with Crippen molar-refractivity contribution in [3.63, 3.8) is 0 Å². The lowest BCUT2D eigenvalue weighted by atomic mass is 9.98. The highest BCUT2D eigenvalue weighted by Crippen LogP contribution is 2.41. The summed E-state index contributed by atoms with van der Waals surface area (Å²) >= 11 is 0. The lowest BCUT2D eigenvalue weighted by molar-refractivity contribution is -0.136. The van der Waals surface area contributed by atoms with E-state index in [-0.39, 0.29) is 29.8 Å². The second-order valence-electron chi connectivity index (χ2n) is 11.9. The number of amides is 4. The molecule has 4 amide bonds. The third kappa shape index (κ3) is 5.14. The van der Waals surface area contributed by atoms with E-state index in [4.69, 9.17) is 0 Å². The molecule has 8 nitrogen and oxygen atoms in total. The highest BCUT2D eigenvalue weighted by Gasteiger charge is 2.45. The number of fused-ring (bicyclic) bond motifs is 2. The number of halogens is 1. The first kappa shape index (κ1) is 27.2. The second kappa shape index (κ2) is 10.9. The zero-order valence-electron chi connectivity index (χ0n) is 23.5. The molecule has 0 saturated carbocycles. The van der Waals surface area contributed by atoms with Gasteiger partial charge in [0.2, 0.25) is 11.8 Å². The molecule has 3 heterocycles. The molecule has 7 rings (SSSR count). The fourth-order valence-electron chi connectivity index (χ4n) is 6.89. The summed E-state index contributed by atoms with van der Waals surface area (Å²) in [6, 6.07) is 19.2. The van der Waals surface area contributed by atoms with Crippen LogP contribution in [-0.4, -0.2) is 52.6 Å². The fraction of sp³-hybridized carbons (Fsp3) is 0.294. The predicted octanol–water partition coefficient (Wildman–Crippen LogP) is 4.37. The number of rotatable bonds is 7. The number of hydrogen-bond donors (Lipinski definition) is 2. The average Bonchev–Trinajstić information content (AvgIpc) is 3.64. The molecule has 3 aromatic carbocycles. The van der Waals surface area contributed by atoms with Gasteiger partial charge in [0.25, 0.3) is 11.8 Å². The van der Waals surface area contributed by atoms with E-state index in [1.54, 1.807) is 18.2 Å². The van der Waals surface area contributed by atoms with Gasteiger partial charge in [0.05, 0.1) is 11.1 Å². The summed E-state index contributed by atoms with van der Waals surface area (Å²) < 4.78 is 13.3. The van der Waals surface area contributed by atoms with Gasteiger partial charge in [0.15, 0.2) is 0 Å². The molecule has 9 heteroatoms. The molecule has 3 atom stereocenters. The van der Waals surface area contributed by atoms with E-state index in [1.807, 2.05) is 12.1 Å². The summed E-state index contributed by atoms with van der Waals surface area (Å²) in [6.07, 6.45) is 3.60. The Morgan fingerprint density at radius 2 is 1.65 bits per heavy atom. The standard InChI is InChI=1S/C34H31FN4O4/c35-26-10-8-22(9-11-26)23-14-24-18-38(19-25(24)15-23)17-21-6-4-20(5-7-21)16-36-28-3-1-2-27-31(28)34(43)39(33(27)42)29-12-13-30(40)37-32(29)41/h1-11,14,24-25,29,36H,12-13,15-19H2,(H,37,40,41). The summed E-state index contributed by atoms with van der Waals surface area (Å²) in [5.74, 6) is -1.15. The number of piperidine rings is 1. The molecule has 218 valence electrons. The van der Waals surface area contributed by atoms with Gasteiger partial charge >= 0.3 is 0 Å². The van der Waals surface area contributed by atoms with Gasteiger partial charge < -0.3 is 5.32 Å². The molecule has 0 bridgehead atoms. The molecule has 0 spiro atoms. The molecule has 0 aromatic heterocycles. The maximum atomic E-state index is 13.3. The molecule has 2 fully saturated rings. The average molecular weight is 579 g/mol. The Labute approximate surface area is 248 Å². The number of nitrogens with one attached hydrogen (secondary N) is 2. The van der Waals surface area contributed by atoms with Crippen molar-refractivity contribution in [1.29, 1.82) is 0 Å². The largest absolute Gasteiger partial charge is 0.380 e. The molecular weight excluding hydrogens is 547 g/mol. The minimum atomic E-state index is -0.992. The van der Waals surface area contributed by atoms with Crippen molar-refractivity contribution in [3.8, 4) is 0 Å². The second-order valence-corrected chi connectivity index (χ2v) is 11.9. The van der Waals surface area contributed by atoms with Crippen molar-refractivity contribution in [3.05, 3.63) is 106 Å². The summed E-state index contributed by atoms with van der Waals surface area (Å²) in [4.78, 5) is 53.8. The van der Waals surface area contributed by atoms with Gasteiger partial charge in [-0.1, -0.05) is 48.5 Å². The third-order valence-electron chi connectivity index (χ3n) is 9.06. The molecular formula is C34H31FN4O4. The van der Waals surface area contributed by atoms with Crippen LogP contribution in [0.25, 0.3) is 5.57 Å². The number of allylic oxidation sites excluding steroid dienone is 1. The fourth-order valence-corrected chi connectivity index (χ4v) is 6.89. The molecule has 3 unspecified atom stereocenters. The van der Waals surface area contributed by atoms with Crippen molar-refractivity contribution in [2.75, 3.05) is 18.4 Å². The number of likely N-dealkylation sites (tertiary alicyclic amines) is 1.